The number of nitrogens with zero attached hydrogens (tertiary/aromatic N) is 2. The summed E-state index contributed by atoms with van der Waals surface area (Å²) in [5, 5.41) is 2.92. The van der Waals surface area contributed by atoms with Gasteiger partial charge in [0.15, 0.2) is 0 Å². The monoisotopic (exact) mass is 409 g/mol. The lowest BCUT2D eigenvalue weighted by atomic mass is 10.1. The molecule has 0 aromatic heterocycles. The molecule has 1 saturated heterocycles. The quantitative estimate of drug-likeness (QED) is 0.671. The summed E-state index contributed by atoms with van der Waals surface area (Å²) in [4.78, 5) is 15.1. The Morgan fingerprint density at radius 2 is 1.82 bits per heavy atom. The maximum absolute atomic E-state index is 12.7. The molecule has 6 nitrogen and oxygen atoms in total. The van der Waals surface area contributed by atoms with Crippen LogP contribution in [0.15, 0.2) is 18.2 Å². The molecule has 1 aliphatic rings. The fraction of sp³-hybridized carbons (Fsp3) is 0.667. The highest BCUT2D eigenvalue weighted by atomic mass is 32.2. The van der Waals surface area contributed by atoms with E-state index >= 15 is 0 Å². The van der Waals surface area contributed by atoms with Crippen molar-refractivity contribution < 1.29 is 13.2 Å². The van der Waals surface area contributed by atoms with Crippen molar-refractivity contribution in [1.29, 1.82) is 0 Å². The van der Waals surface area contributed by atoms with Crippen molar-refractivity contribution >= 4 is 21.6 Å². The second-order valence-corrected chi connectivity index (χ2v) is 9.78. The van der Waals surface area contributed by atoms with Crippen LogP contribution in [0.5, 0.6) is 0 Å². The molecule has 0 unspecified atom stereocenters. The van der Waals surface area contributed by atoms with Crippen LogP contribution in [-0.2, 0) is 14.8 Å². The van der Waals surface area contributed by atoms with Gasteiger partial charge in [0, 0.05) is 6.54 Å². The summed E-state index contributed by atoms with van der Waals surface area (Å²) in [6, 6.07) is 4.84. The molecule has 0 saturated carbocycles. The molecule has 1 fully saturated rings. The first-order valence-electron chi connectivity index (χ1n) is 10.3. The van der Waals surface area contributed by atoms with Gasteiger partial charge in [-0.1, -0.05) is 25.0 Å². The van der Waals surface area contributed by atoms with Gasteiger partial charge in [0.2, 0.25) is 15.9 Å². The average Bonchev–Trinajstić information content (AvgIpc) is 2.89. The third-order valence-corrected chi connectivity index (χ3v) is 6.57. The van der Waals surface area contributed by atoms with Gasteiger partial charge in [0.25, 0.3) is 0 Å². The number of hydrogen-bond donors (Lipinski definition) is 1. The lowest BCUT2D eigenvalue weighted by molar-refractivity contribution is -0.121. The SMILES string of the molecule is Cc1ccc(C)c(N([C@H](C)C(=O)NCCCN2CCCCCC2)S(C)(=O)=O)c1. The summed E-state index contributed by atoms with van der Waals surface area (Å²) in [5.74, 6) is -0.262. The van der Waals surface area contributed by atoms with Gasteiger partial charge in [0.1, 0.15) is 6.04 Å². The van der Waals surface area contributed by atoms with E-state index in [1.807, 2.05) is 32.0 Å². The minimum atomic E-state index is -3.59. The number of carbonyl (C=O) groups is 1. The van der Waals surface area contributed by atoms with E-state index < -0.39 is 16.1 Å². The van der Waals surface area contributed by atoms with Crippen molar-refractivity contribution in [3.63, 3.8) is 0 Å². The van der Waals surface area contributed by atoms with Gasteiger partial charge in [-0.2, -0.15) is 0 Å². The third-order valence-electron chi connectivity index (χ3n) is 5.34. The lowest BCUT2D eigenvalue weighted by Crippen LogP contribution is -2.48. The van der Waals surface area contributed by atoms with Gasteiger partial charge in [-0.25, -0.2) is 8.42 Å². The normalized spacial score (nSPS) is 17.0. The molecule has 1 amide bonds. The minimum absolute atomic E-state index is 0.262. The van der Waals surface area contributed by atoms with E-state index in [9.17, 15) is 13.2 Å². The molecule has 1 atom stereocenters. The van der Waals surface area contributed by atoms with Crippen LogP contribution in [0.1, 0.15) is 50.2 Å². The molecular formula is C21H35N3O3S. The zero-order valence-electron chi connectivity index (χ0n) is 17.7. The van der Waals surface area contributed by atoms with Crippen LogP contribution in [0.2, 0.25) is 0 Å². The Hall–Kier alpha value is -1.60. The molecule has 1 aliphatic heterocycles. The number of hydrogen-bond acceptors (Lipinski definition) is 4. The van der Waals surface area contributed by atoms with Crippen LogP contribution < -0.4 is 9.62 Å². The number of likely N-dealkylation sites (tertiary alicyclic amines) is 1. The number of sulfonamides is 1. The summed E-state index contributed by atoms with van der Waals surface area (Å²) >= 11 is 0. The van der Waals surface area contributed by atoms with E-state index in [4.69, 9.17) is 0 Å². The number of aryl methyl sites for hydroxylation is 2. The average molecular weight is 410 g/mol. The summed E-state index contributed by atoms with van der Waals surface area (Å²) in [6.07, 6.45) is 7.15. The second-order valence-electron chi connectivity index (χ2n) is 7.93. The van der Waals surface area contributed by atoms with Gasteiger partial charge >= 0.3 is 0 Å². The van der Waals surface area contributed by atoms with Crippen molar-refractivity contribution in [2.75, 3.05) is 36.7 Å². The maximum Gasteiger partial charge on any atom is 0.243 e. The second kappa shape index (κ2) is 10.3. The molecule has 0 aliphatic carbocycles. The van der Waals surface area contributed by atoms with E-state index in [0.717, 1.165) is 43.4 Å². The number of rotatable bonds is 8. The van der Waals surface area contributed by atoms with Crippen molar-refractivity contribution in [2.24, 2.45) is 0 Å². The van der Waals surface area contributed by atoms with E-state index in [-0.39, 0.29) is 5.91 Å². The Kier molecular flexibility index (Phi) is 8.31. The largest absolute Gasteiger partial charge is 0.354 e. The first-order valence-corrected chi connectivity index (χ1v) is 12.1. The smallest absolute Gasteiger partial charge is 0.243 e. The molecule has 1 N–H and O–H groups in total. The molecule has 0 bridgehead atoms. The van der Waals surface area contributed by atoms with Crippen molar-refractivity contribution in [3.8, 4) is 0 Å². The summed E-state index contributed by atoms with van der Waals surface area (Å²) < 4.78 is 26.1. The van der Waals surface area contributed by atoms with Gasteiger partial charge in [0.05, 0.1) is 11.9 Å². The minimum Gasteiger partial charge on any atom is -0.354 e. The molecule has 158 valence electrons. The van der Waals surface area contributed by atoms with Crippen molar-refractivity contribution in [1.82, 2.24) is 10.2 Å². The third kappa shape index (κ3) is 6.48. The van der Waals surface area contributed by atoms with Crippen LogP contribution in [-0.4, -0.2) is 57.7 Å². The molecule has 7 heteroatoms. The Morgan fingerprint density at radius 3 is 2.43 bits per heavy atom. The van der Waals surface area contributed by atoms with Crippen molar-refractivity contribution in [2.45, 2.75) is 58.9 Å². The Morgan fingerprint density at radius 1 is 1.18 bits per heavy atom. The standard InChI is InChI=1S/C21H35N3O3S/c1-17-10-11-18(2)20(16-17)24(28(4,26)27)19(3)21(25)22-12-9-15-23-13-7-5-6-8-14-23/h10-11,16,19H,5-9,12-15H2,1-4H3,(H,22,25)/t19-/m1/s1. The number of benzene rings is 1. The van der Waals surface area contributed by atoms with E-state index in [1.54, 1.807) is 6.92 Å². The molecule has 1 aromatic carbocycles. The van der Waals surface area contributed by atoms with Crippen LogP contribution in [0.4, 0.5) is 5.69 Å². The molecule has 28 heavy (non-hydrogen) atoms. The predicted octanol–water partition coefficient (Wildman–Crippen LogP) is 2.84. The first kappa shape index (κ1) is 22.7. The van der Waals surface area contributed by atoms with E-state index in [0.29, 0.717) is 12.2 Å². The van der Waals surface area contributed by atoms with Gasteiger partial charge in [-0.05, 0) is 76.9 Å². The molecule has 2 rings (SSSR count). The molecule has 1 heterocycles. The highest BCUT2D eigenvalue weighted by Crippen LogP contribution is 2.26. The summed E-state index contributed by atoms with van der Waals surface area (Å²) in [5.41, 5.74) is 2.35. The Balaban J connectivity index is 1.97. The first-order chi connectivity index (χ1) is 13.2. The predicted molar refractivity (Wildman–Crippen MR) is 115 cm³/mol. The maximum atomic E-state index is 12.7. The van der Waals surface area contributed by atoms with E-state index in [2.05, 4.69) is 10.2 Å². The molecule has 1 aromatic rings. The number of anilines is 1. The Labute approximate surface area is 170 Å². The topological polar surface area (TPSA) is 69.7 Å². The van der Waals surface area contributed by atoms with Crippen LogP contribution in [0.3, 0.4) is 0 Å². The zero-order chi connectivity index (χ0) is 20.7. The van der Waals surface area contributed by atoms with Crippen LogP contribution in [0.25, 0.3) is 0 Å². The molecular weight excluding hydrogens is 374 g/mol. The fourth-order valence-corrected chi connectivity index (χ4v) is 4.98. The fourth-order valence-electron chi connectivity index (χ4n) is 3.76. The number of amides is 1. The summed E-state index contributed by atoms with van der Waals surface area (Å²) in [7, 11) is -3.59. The van der Waals surface area contributed by atoms with Crippen LogP contribution >= 0.6 is 0 Å². The zero-order valence-corrected chi connectivity index (χ0v) is 18.5. The molecule has 0 spiro atoms. The summed E-state index contributed by atoms with van der Waals surface area (Å²) in [6.45, 7) is 9.23. The van der Waals surface area contributed by atoms with E-state index in [1.165, 1.54) is 30.0 Å². The van der Waals surface area contributed by atoms with Crippen LogP contribution in [0, 0.1) is 13.8 Å². The molecule has 0 radical (unpaired) electrons. The number of carbonyl (C=O) groups excluding carboxylic acids is 1. The highest BCUT2D eigenvalue weighted by Gasteiger charge is 2.30. The number of nitrogens with one attached hydrogen (secondary N) is 1. The lowest BCUT2D eigenvalue weighted by Gasteiger charge is -2.30. The van der Waals surface area contributed by atoms with Gasteiger partial charge < -0.3 is 10.2 Å². The highest BCUT2D eigenvalue weighted by molar-refractivity contribution is 7.92. The van der Waals surface area contributed by atoms with Gasteiger partial charge in [-0.15, -0.1) is 0 Å². The van der Waals surface area contributed by atoms with Crippen molar-refractivity contribution in [3.05, 3.63) is 29.3 Å². The Bertz CT molecular complexity index is 756. The van der Waals surface area contributed by atoms with Gasteiger partial charge in [-0.3, -0.25) is 9.10 Å².